The number of thiocarbonyl (C=S) groups is 1. The Labute approximate surface area is 160 Å². The van der Waals surface area contributed by atoms with E-state index < -0.39 is 0 Å². The predicted octanol–water partition coefficient (Wildman–Crippen LogP) is 5.59. The summed E-state index contributed by atoms with van der Waals surface area (Å²) in [7, 11) is 0. The molecule has 26 heavy (non-hydrogen) atoms. The molecule has 0 amide bonds. The number of benzene rings is 2. The van der Waals surface area contributed by atoms with Gasteiger partial charge in [-0.25, -0.2) is 0 Å². The summed E-state index contributed by atoms with van der Waals surface area (Å²) in [5, 5.41) is 9.95. The van der Waals surface area contributed by atoms with E-state index in [9.17, 15) is 0 Å². The highest BCUT2D eigenvalue weighted by Crippen LogP contribution is 2.36. The van der Waals surface area contributed by atoms with Crippen LogP contribution in [0.3, 0.4) is 0 Å². The summed E-state index contributed by atoms with van der Waals surface area (Å²) < 4.78 is 0. The Bertz CT molecular complexity index is 904. The van der Waals surface area contributed by atoms with Crippen molar-refractivity contribution in [2.45, 2.75) is 25.8 Å². The molecule has 0 saturated carbocycles. The third-order valence-corrected chi connectivity index (χ3v) is 5.62. The Morgan fingerprint density at radius 1 is 1.08 bits per heavy atom. The van der Waals surface area contributed by atoms with Gasteiger partial charge in [0.2, 0.25) is 0 Å². The number of hydrogen-bond donors (Lipinski definition) is 2. The second kappa shape index (κ2) is 7.46. The van der Waals surface area contributed by atoms with Gasteiger partial charge in [-0.2, -0.15) is 0 Å². The molecule has 132 valence electrons. The van der Waals surface area contributed by atoms with Crippen molar-refractivity contribution in [3.05, 3.63) is 78.4 Å². The monoisotopic (exact) mass is 360 g/mol. The minimum absolute atomic E-state index is 0.217. The van der Waals surface area contributed by atoms with Gasteiger partial charge in [0.05, 0.1) is 0 Å². The molecule has 2 nitrogen and oxygen atoms in total. The zero-order valence-corrected chi connectivity index (χ0v) is 15.8. The van der Waals surface area contributed by atoms with E-state index in [0.29, 0.717) is 16.9 Å². The molecule has 2 unspecified atom stereocenters. The summed E-state index contributed by atoms with van der Waals surface area (Å²) in [6, 6.07) is 14.8. The molecule has 3 atom stereocenters. The first-order chi connectivity index (χ1) is 12.7. The molecule has 0 bridgehead atoms. The topological polar surface area (TPSA) is 24.1 Å². The lowest BCUT2D eigenvalue weighted by Gasteiger charge is -2.34. The number of anilines is 1. The van der Waals surface area contributed by atoms with Crippen molar-refractivity contribution >= 4 is 33.8 Å². The normalized spacial score (nSPS) is 22.4. The fourth-order valence-electron chi connectivity index (χ4n) is 4.10. The van der Waals surface area contributed by atoms with E-state index in [4.69, 9.17) is 12.2 Å². The van der Waals surface area contributed by atoms with E-state index in [0.717, 1.165) is 12.1 Å². The SMILES string of the molecule is CC(NC(=S)Nc1cccc2ccccc12)C1=CCC[C@H]2C=CC=CC12. The number of allylic oxidation sites excluding steroid dienone is 5. The van der Waals surface area contributed by atoms with Crippen LogP contribution in [0, 0.1) is 11.8 Å². The number of nitrogens with one attached hydrogen (secondary N) is 2. The lowest BCUT2D eigenvalue weighted by atomic mass is 9.74. The Morgan fingerprint density at radius 2 is 1.88 bits per heavy atom. The van der Waals surface area contributed by atoms with Gasteiger partial charge in [0.15, 0.2) is 5.11 Å². The van der Waals surface area contributed by atoms with Crippen LogP contribution in [-0.4, -0.2) is 11.2 Å². The maximum absolute atomic E-state index is 5.61. The van der Waals surface area contributed by atoms with Crippen LogP contribution in [0.5, 0.6) is 0 Å². The molecule has 0 aliphatic heterocycles. The summed E-state index contributed by atoms with van der Waals surface area (Å²) in [5.41, 5.74) is 2.49. The van der Waals surface area contributed by atoms with Gasteiger partial charge in [0, 0.05) is 23.0 Å². The average molecular weight is 361 g/mol. The van der Waals surface area contributed by atoms with Crippen LogP contribution >= 0.6 is 12.2 Å². The van der Waals surface area contributed by atoms with Crippen molar-refractivity contribution in [3.8, 4) is 0 Å². The lowest BCUT2D eigenvalue weighted by molar-refractivity contribution is 0.442. The second-order valence-corrected chi connectivity index (χ2v) is 7.50. The third kappa shape index (κ3) is 3.45. The molecule has 2 aromatic rings. The highest BCUT2D eigenvalue weighted by Gasteiger charge is 2.28. The van der Waals surface area contributed by atoms with E-state index in [1.54, 1.807) is 0 Å². The molecule has 0 saturated heterocycles. The van der Waals surface area contributed by atoms with Gasteiger partial charge in [-0.1, -0.05) is 66.8 Å². The predicted molar refractivity (Wildman–Crippen MR) is 115 cm³/mol. The summed E-state index contributed by atoms with van der Waals surface area (Å²) in [4.78, 5) is 0. The Morgan fingerprint density at radius 3 is 2.81 bits per heavy atom. The largest absolute Gasteiger partial charge is 0.356 e. The van der Waals surface area contributed by atoms with E-state index in [2.05, 4.69) is 90.4 Å². The molecular weight excluding hydrogens is 336 g/mol. The van der Waals surface area contributed by atoms with Gasteiger partial charge < -0.3 is 10.6 Å². The molecule has 0 fully saturated rings. The summed E-state index contributed by atoms with van der Waals surface area (Å²) in [6.45, 7) is 2.21. The molecule has 0 aromatic heterocycles. The summed E-state index contributed by atoms with van der Waals surface area (Å²) in [5.74, 6) is 1.13. The highest BCUT2D eigenvalue weighted by atomic mass is 32.1. The smallest absolute Gasteiger partial charge is 0.171 e. The van der Waals surface area contributed by atoms with Crippen LogP contribution in [-0.2, 0) is 0 Å². The number of rotatable bonds is 3. The molecule has 3 heteroatoms. The first-order valence-electron chi connectivity index (χ1n) is 9.32. The first kappa shape index (κ1) is 17.0. The van der Waals surface area contributed by atoms with Crippen molar-refractivity contribution in [3.63, 3.8) is 0 Å². The van der Waals surface area contributed by atoms with E-state index in [1.807, 2.05) is 0 Å². The van der Waals surface area contributed by atoms with Gasteiger partial charge >= 0.3 is 0 Å². The van der Waals surface area contributed by atoms with Crippen LogP contribution in [0.25, 0.3) is 10.8 Å². The van der Waals surface area contributed by atoms with E-state index >= 15 is 0 Å². The molecule has 0 heterocycles. The minimum Gasteiger partial charge on any atom is -0.356 e. The van der Waals surface area contributed by atoms with Crippen LogP contribution in [0.2, 0.25) is 0 Å². The van der Waals surface area contributed by atoms with Gasteiger partial charge in [-0.15, -0.1) is 0 Å². The maximum Gasteiger partial charge on any atom is 0.171 e. The zero-order chi connectivity index (χ0) is 17.9. The highest BCUT2D eigenvalue weighted by molar-refractivity contribution is 7.80. The summed E-state index contributed by atoms with van der Waals surface area (Å²) in [6.07, 6.45) is 13.8. The molecule has 2 aliphatic carbocycles. The average Bonchev–Trinajstić information content (AvgIpc) is 2.67. The van der Waals surface area contributed by atoms with Crippen molar-refractivity contribution in [1.82, 2.24) is 5.32 Å². The summed E-state index contributed by atoms with van der Waals surface area (Å²) >= 11 is 5.61. The van der Waals surface area contributed by atoms with Gasteiger partial charge in [-0.3, -0.25) is 0 Å². The van der Waals surface area contributed by atoms with Gasteiger partial charge in [-0.05, 0) is 54.9 Å². The third-order valence-electron chi connectivity index (χ3n) is 5.40. The van der Waals surface area contributed by atoms with Crippen molar-refractivity contribution in [2.24, 2.45) is 11.8 Å². The van der Waals surface area contributed by atoms with Crippen LogP contribution in [0.4, 0.5) is 5.69 Å². The van der Waals surface area contributed by atoms with E-state index in [1.165, 1.54) is 22.8 Å². The zero-order valence-electron chi connectivity index (χ0n) is 15.0. The van der Waals surface area contributed by atoms with Crippen molar-refractivity contribution in [1.29, 1.82) is 0 Å². The van der Waals surface area contributed by atoms with Gasteiger partial charge in [0.1, 0.15) is 0 Å². The standard InChI is InChI=1S/C23H24N2S/c1-16(19-14-6-10-17-8-2-4-12-20(17)19)24-23(26)25-22-15-7-11-18-9-3-5-13-21(18)22/h2-5,7-9,11-17,20H,6,10H2,1H3,(H2,24,25,26)/t16?,17-,20?/m1/s1. The number of fused-ring (bicyclic) bond motifs is 2. The molecule has 4 rings (SSSR count). The first-order valence-corrected chi connectivity index (χ1v) is 9.73. The van der Waals surface area contributed by atoms with Crippen molar-refractivity contribution in [2.75, 3.05) is 5.32 Å². The van der Waals surface area contributed by atoms with Crippen molar-refractivity contribution < 1.29 is 0 Å². The molecular formula is C23H24N2S. The second-order valence-electron chi connectivity index (χ2n) is 7.09. The minimum atomic E-state index is 0.217. The van der Waals surface area contributed by atoms with Crippen LogP contribution in [0.15, 0.2) is 78.4 Å². The lowest BCUT2D eigenvalue weighted by Crippen LogP contribution is -2.40. The number of hydrogen-bond acceptors (Lipinski definition) is 1. The molecule has 2 aliphatic rings. The molecule has 0 radical (unpaired) electrons. The fraction of sp³-hybridized carbons (Fsp3) is 0.261. The molecule has 2 N–H and O–H groups in total. The Balaban J connectivity index is 1.47. The van der Waals surface area contributed by atoms with Crippen LogP contribution in [0.1, 0.15) is 19.8 Å². The Hall–Kier alpha value is -2.39. The van der Waals surface area contributed by atoms with E-state index in [-0.39, 0.29) is 6.04 Å². The molecule has 0 spiro atoms. The quantitative estimate of drug-likeness (QED) is 0.551. The van der Waals surface area contributed by atoms with Crippen LogP contribution < -0.4 is 10.6 Å². The van der Waals surface area contributed by atoms with Gasteiger partial charge in [0.25, 0.3) is 0 Å². The Kier molecular flexibility index (Phi) is 4.89. The fourth-order valence-corrected chi connectivity index (χ4v) is 4.39. The maximum atomic E-state index is 5.61. The molecule has 2 aromatic carbocycles.